The van der Waals surface area contributed by atoms with Crippen molar-refractivity contribution in [2.45, 2.75) is 12.2 Å². The fourth-order valence-electron chi connectivity index (χ4n) is 1.07. The van der Waals surface area contributed by atoms with Crippen LogP contribution in [0.2, 0.25) is 0 Å². The van der Waals surface area contributed by atoms with Crippen molar-refractivity contribution >= 4 is 15.9 Å². The van der Waals surface area contributed by atoms with Gasteiger partial charge in [-0.2, -0.15) is 13.2 Å². The highest BCUT2D eigenvalue weighted by Gasteiger charge is 2.38. The first-order valence-electron chi connectivity index (χ1n) is 4.01. The molecule has 0 aliphatic rings. The van der Waals surface area contributed by atoms with Crippen LogP contribution in [0.15, 0.2) is 22.7 Å². The van der Waals surface area contributed by atoms with Gasteiger partial charge in [0.1, 0.15) is 11.8 Å². The first-order valence-corrected chi connectivity index (χ1v) is 4.80. The molecule has 1 aromatic carbocycles. The Bertz CT molecular complexity index is 354. The molecule has 0 aliphatic carbocycles. The van der Waals surface area contributed by atoms with Gasteiger partial charge in [-0.25, -0.2) is 0 Å². The van der Waals surface area contributed by atoms with Crippen molar-refractivity contribution in [3.8, 4) is 5.75 Å². The van der Waals surface area contributed by atoms with E-state index in [1.54, 1.807) is 6.07 Å². The number of ether oxygens (including phenoxy) is 1. The van der Waals surface area contributed by atoms with Crippen molar-refractivity contribution in [1.82, 2.24) is 0 Å². The third-order valence-corrected chi connectivity index (χ3v) is 2.30. The van der Waals surface area contributed by atoms with E-state index in [1.165, 1.54) is 19.2 Å². The molecule has 0 saturated carbocycles. The Morgan fingerprint density at radius 1 is 1.33 bits per heavy atom. The fourth-order valence-corrected chi connectivity index (χ4v) is 1.56. The van der Waals surface area contributed by atoms with E-state index in [4.69, 9.17) is 10.5 Å². The summed E-state index contributed by atoms with van der Waals surface area (Å²) in [5.41, 5.74) is 5.03. The Hall–Kier alpha value is -0.750. The normalized spacial score (nSPS) is 13.7. The zero-order valence-electron chi connectivity index (χ0n) is 7.81. The lowest BCUT2D eigenvalue weighted by atomic mass is 10.1. The maximum absolute atomic E-state index is 12.3. The number of nitrogens with two attached hydrogens (primary N) is 1. The van der Waals surface area contributed by atoms with Gasteiger partial charge < -0.3 is 10.5 Å². The van der Waals surface area contributed by atoms with E-state index in [0.717, 1.165) is 0 Å². The van der Waals surface area contributed by atoms with E-state index in [0.29, 0.717) is 10.2 Å². The van der Waals surface area contributed by atoms with Gasteiger partial charge in [-0.3, -0.25) is 0 Å². The summed E-state index contributed by atoms with van der Waals surface area (Å²) >= 11 is 3.09. The highest BCUT2D eigenvalue weighted by molar-refractivity contribution is 9.10. The molecule has 1 atom stereocenters. The average Bonchev–Trinajstić information content (AvgIpc) is 2.14. The highest BCUT2D eigenvalue weighted by atomic mass is 79.9. The standard InChI is InChI=1S/C9H9BrF3NO/c1-15-7-3-5(2-6(10)4-7)8(14)9(11,12)13/h2-4,8H,14H2,1H3/t8-/m0/s1. The molecule has 0 unspecified atom stereocenters. The van der Waals surface area contributed by atoms with Crippen LogP contribution in [0.4, 0.5) is 13.2 Å². The van der Waals surface area contributed by atoms with Crippen molar-refractivity contribution in [2.75, 3.05) is 7.11 Å². The van der Waals surface area contributed by atoms with Crippen LogP contribution in [-0.4, -0.2) is 13.3 Å². The molecule has 6 heteroatoms. The van der Waals surface area contributed by atoms with Crippen LogP contribution in [-0.2, 0) is 0 Å². The Morgan fingerprint density at radius 2 is 1.93 bits per heavy atom. The zero-order chi connectivity index (χ0) is 11.6. The van der Waals surface area contributed by atoms with Gasteiger partial charge in [0.2, 0.25) is 0 Å². The van der Waals surface area contributed by atoms with Gasteiger partial charge >= 0.3 is 6.18 Å². The van der Waals surface area contributed by atoms with Gasteiger partial charge in [0, 0.05) is 4.47 Å². The van der Waals surface area contributed by atoms with E-state index in [1.807, 2.05) is 0 Å². The summed E-state index contributed by atoms with van der Waals surface area (Å²) in [6.07, 6.45) is -4.45. The minimum Gasteiger partial charge on any atom is -0.497 e. The molecule has 0 heterocycles. The molecule has 1 rings (SSSR count). The van der Waals surface area contributed by atoms with Crippen LogP contribution >= 0.6 is 15.9 Å². The summed E-state index contributed by atoms with van der Waals surface area (Å²) < 4.78 is 42.3. The second kappa shape index (κ2) is 4.40. The van der Waals surface area contributed by atoms with Crippen LogP contribution in [0.3, 0.4) is 0 Å². The number of benzene rings is 1. The number of rotatable bonds is 2. The first kappa shape index (κ1) is 12.3. The molecule has 2 N–H and O–H groups in total. The van der Waals surface area contributed by atoms with Crippen molar-refractivity contribution in [2.24, 2.45) is 5.73 Å². The molecule has 0 radical (unpaired) electrons. The monoisotopic (exact) mass is 283 g/mol. The summed E-state index contributed by atoms with van der Waals surface area (Å²) in [5.74, 6) is 0.332. The molecule has 0 fully saturated rings. The number of hydrogen-bond acceptors (Lipinski definition) is 2. The fraction of sp³-hybridized carbons (Fsp3) is 0.333. The third-order valence-electron chi connectivity index (χ3n) is 1.84. The minimum absolute atomic E-state index is 0.0336. The maximum atomic E-state index is 12.3. The van der Waals surface area contributed by atoms with Crippen molar-refractivity contribution in [1.29, 1.82) is 0 Å². The third kappa shape index (κ3) is 3.10. The van der Waals surface area contributed by atoms with Gasteiger partial charge in [0.15, 0.2) is 0 Å². The second-order valence-corrected chi connectivity index (χ2v) is 3.86. The van der Waals surface area contributed by atoms with Crippen LogP contribution in [0, 0.1) is 0 Å². The van der Waals surface area contributed by atoms with E-state index in [9.17, 15) is 13.2 Å². The van der Waals surface area contributed by atoms with Crippen LogP contribution in [0.25, 0.3) is 0 Å². The quantitative estimate of drug-likeness (QED) is 0.906. The molecule has 0 aromatic heterocycles. The van der Waals surface area contributed by atoms with Crippen LogP contribution < -0.4 is 10.5 Å². The van der Waals surface area contributed by atoms with E-state index >= 15 is 0 Å². The second-order valence-electron chi connectivity index (χ2n) is 2.94. The predicted molar refractivity (Wildman–Crippen MR) is 53.7 cm³/mol. The lowest BCUT2D eigenvalue weighted by Crippen LogP contribution is -2.28. The maximum Gasteiger partial charge on any atom is 0.407 e. The molecule has 0 bridgehead atoms. The summed E-state index contributed by atoms with van der Waals surface area (Å²) in [5, 5.41) is 0. The molecule has 84 valence electrons. The number of hydrogen-bond donors (Lipinski definition) is 1. The summed E-state index contributed by atoms with van der Waals surface area (Å²) in [7, 11) is 1.38. The summed E-state index contributed by atoms with van der Waals surface area (Å²) in [4.78, 5) is 0. The zero-order valence-corrected chi connectivity index (χ0v) is 9.39. The molecule has 15 heavy (non-hydrogen) atoms. The Morgan fingerprint density at radius 3 is 2.40 bits per heavy atom. The highest BCUT2D eigenvalue weighted by Crippen LogP contribution is 2.33. The van der Waals surface area contributed by atoms with E-state index < -0.39 is 12.2 Å². The molecule has 1 aromatic rings. The molecular formula is C9H9BrF3NO. The van der Waals surface area contributed by atoms with E-state index in [-0.39, 0.29) is 5.56 Å². The predicted octanol–water partition coefficient (Wildman–Crippen LogP) is 3.02. The largest absolute Gasteiger partial charge is 0.497 e. The average molecular weight is 284 g/mol. The molecule has 2 nitrogen and oxygen atoms in total. The Kier molecular flexibility index (Phi) is 3.62. The van der Waals surface area contributed by atoms with Gasteiger partial charge in [-0.15, -0.1) is 0 Å². The van der Waals surface area contributed by atoms with Crippen LogP contribution in [0.1, 0.15) is 11.6 Å². The van der Waals surface area contributed by atoms with Gasteiger partial charge in [-0.05, 0) is 23.8 Å². The Balaban J connectivity index is 3.09. The molecule has 0 saturated heterocycles. The first-order chi connectivity index (χ1) is 6.84. The van der Waals surface area contributed by atoms with Gasteiger partial charge in [-0.1, -0.05) is 15.9 Å². The molecule has 0 amide bonds. The van der Waals surface area contributed by atoms with Gasteiger partial charge in [0.05, 0.1) is 7.11 Å². The number of alkyl halides is 3. The molecule has 0 spiro atoms. The lowest BCUT2D eigenvalue weighted by Gasteiger charge is -2.16. The molecular weight excluding hydrogens is 275 g/mol. The van der Waals surface area contributed by atoms with Gasteiger partial charge in [0.25, 0.3) is 0 Å². The minimum atomic E-state index is -4.45. The topological polar surface area (TPSA) is 35.2 Å². The Labute approximate surface area is 93.3 Å². The smallest absolute Gasteiger partial charge is 0.407 e. The number of methoxy groups -OCH3 is 1. The van der Waals surface area contributed by atoms with Crippen molar-refractivity contribution < 1.29 is 17.9 Å². The van der Waals surface area contributed by atoms with Crippen LogP contribution in [0.5, 0.6) is 5.75 Å². The van der Waals surface area contributed by atoms with E-state index in [2.05, 4.69) is 15.9 Å². The number of halogens is 4. The summed E-state index contributed by atoms with van der Waals surface area (Å²) in [6, 6.07) is 2.15. The van der Waals surface area contributed by atoms with Crippen molar-refractivity contribution in [3.05, 3.63) is 28.2 Å². The summed E-state index contributed by atoms with van der Waals surface area (Å²) in [6.45, 7) is 0. The van der Waals surface area contributed by atoms with Crippen molar-refractivity contribution in [3.63, 3.8) is 0 Å². The SMILES string of the molecule is COc1cc(Br)cc([C@H](N)C(F)(F)F)c1. The molecule has 0 aliphatic heterocycles. The lowest BCUT2D eigenvalue weighted by molar-refractivity contribution is -0.149.